The number of nitrogens with zero attached hydrogens (tertiary/aromatic N) is 4. The van der Waals surface area contributed by atoms with Crippen molar-refractivity contribution < 1.29 is 13.2 Å². The molecule has 0 bridgehead atoms. The number of para-hydroxylation sites is 1. The average molecular weight is 413 g/mol. The highest BCUT2D eigenvalue weighted by atomic mass is 32.2. The van der Waals surface area contributed by atoms with E-state index in [0.717, 1.165) is 17.1 Å². The van der Waals surface area contributed by atoms with Gasteiger partial charge in [0.25, 0.3) is 0 Å². The fraction of sp³-hybridized carbons (Fsp3) is 0.286. The summed E-state index contributed by atoms with van der Waals surface area (Å²) < 4.78 is 34.8. The summed E-state index contributed by atoms with van der Waals surface area (Å²) in [5.41, 5.74) is 2.41. The van der Waals surface area contributed by atoms with Gasteiger partial charge in [-0.2, -0.15) is 9.40 Å². The van der Waals surface area contributed by atoms with E-state index in [2.05, 4.69) is 10.00 Å². The Hall–Kier alpha value is -2.84. The molecule has 3 aromatic rings. The number of rotatable bonds is 5. The number of hydrogen-bond acceptors (Lipinski definition) is 5. The van der Waals surface area contributed by atoms with E-state index >= 15 is 0 Å². The summed E-state index contributed by atoms with van der Waals surface area (Å²) in [6.07, 6.45) is 1.61. The van der Waals surface area contributed by atoms with Crippen molar-refractivity contribution >= 4 is 15.7 Å². The van der Waals surface area contributed by atoms with E-state index in [1.807, 2.05) is 54.6 Å². The van der Waals surface area contributed by atoms with Crippen LogP contribution in [0.2, 0.25) is 0 Å². The van der Waals surface area contributed by atoms with Crippen LogP contribution in [-0.2, 0) is 10.0 Å². The first-order chi connectivity index (χ1) is 14.0. The Morgan fingerprint density at radius 1 is 0.897 bits per heavy atom. The van der Waals surface area contributed by atoms with Gasteiger partial charge in [0, 0.05) is 31.9 Å². The first-order valence-corrected chi connectivity index (χ1v) is 10.9. The summed E-state index contributed by atoms with van der Waals surface area (Å²) >= 11 is 0. The highest BCUT2D eigenvalue weighted by Crippen LogP contribution is 2.25. The molecule has 1 fully saturated rings. The lowest BCUT2D eigenvalue weighted by Crippen LogP contribution is -2.48. The first-order valence-electron chi connectivity index (χ1n) is 9.50. The fourth-order valence-electron chi connectivity index (χ4n) is 3.53. The van der Waals surface area contributed by atoms with Crippen molar-refractivity contribution in [2.75, 3.05) is 38.2 Å². The van der Waals surface area contributed by atoms with Crippen LogP contribution >= 0.6 is 0 Å². The maximum atomic E-state index is 13.2. The van der Waals surface area contributed by atoms with Crippen LogP contribution in [0.4, 0.5) is 5.69 Å². The lowest BCUT2D eigenvalue weighted by molar-refractivity contribution is 0.384. The van der Waals surface area contributed by atoms with E-state index in [1.54, 1.807) is 29.2 Å². The van der Waals surface area contributed by atoms with Crippen LogP contribution in [0.25, 0.3) is 5.69 Å². The summed E-state index contributed by atoms with van der Waals surface area (Å²) in [6.45, 7) is 3.88. The standard InChI is InChI=1S/C21H24N4O3S/c1-17-21(16-25(22-17)19-6-4-3-5-7-19)29(26,27)24-14-12-23(13-15-24)18-8-10-20(28-2)11-9-18/h3-11,16H,12-15H2,1-2H3. The molecule has 0 saturated carbocycles. The summed E-state index contributed by atoms with van der Waals surface area (Å²) in [5, 5.41) is 4.41. The molecule has 2 heterocycles. The second kappa shape index (κ2) is 7.88. The molecule has 0 N–H and O–H groups in total. The summed E-state index contributed by atoms with van der Waals surface area (Å²) in [4.78, 5) is 2.45. The van der Waals surface area contributed by atoms with Crippen molar-refractivity contribution in [3.63, 3.8) is 0 Å². The monoisotopic (exact) mass is 412 g/mol. The van der Waals surface area contributed by atoms with Gasteiger partial charge in [-0.25, -0.2) is 13.1 Å². The molecule has 1 saturated heterocycles. The SMILES string of the molecule is COc1ccc(N2CCN(S(=O)(=O)c3cn(-c4ccccc4)nc3C)CC2)cc1. The lowest BCUT2D eigenvalue weighted by atomic mass is 10.2. The Balaban J connectivity index is 1.50. The van der Waals surface area contributed by atoms with Crippen LogP contribution in [0.3, 0.4) is 0 Å². The minimum absolute atomic E-state index is 0.263. The number of benzene rings is 2. The molecule has 1 aromatic heterocycles. The van der Waals surface area contributed by atoms with Crippen LogP contribution in [-0.4, -0.2) is 55.8 Å². The van der Waals surface area contributed by atoms with Crippen molar-refractivity contribution in [3.05, 3.63) is 66.5 Å². The fourth-order valence-corrected chi connectivity index (χ4v) is 5.10. The molecule has 7 nitrogen and oxygen atoms in total. The minimum Gasteiger partial charge on any atom is -0.497 e. The Labute approximate surface area is 171 Å². The molecular formula is C21H24N4O3S. The zero-order valence-electron chi connectivity index (χ0n) is 16.5. The molecule has 1 aliphatic rings. The first kappa shape index (κ1) is 19.5. The highest BCUT2D eigenvalue weighted by Gasteiger charge is 2.31. The van der Waals surface area contributed by atoms with Gasteiger partial charge in [0.2, 0.25) is 10.0 Å². The van der Waals surface area contributed by atoms with Gasteiger partial charge in [0.05, 0.1) is 24.7 Å². The minimum atomic E-state index is -3.59. The Morgan fingerprint density at radius 2 is 1.55 bits per heavy atom. The number of aryl methyl sites for hydroxylation is 1. The van der Waals surface area contributed by atoms with Gasteiger partial charge in [-0.1, -0.05) is 18.2 Å². The predicted octanol–water partition coefficient (Wildman–Crippen LogP) is 2.70. The average Bonchev–Trinajstić information content (AvgIpc) is 3.17. The topological polar surface area (TPSA) is 67.7 Å². The number of aromatic nitrogens is 2. The Morgan fingerprint density at radius 3 is 2.17 bits per heavy atom. The number of piperazine rings is 1. The third-order valence-corrected chi connectivity index (χ3v) is 7.17. The number of anilines is 1. The van der Waals surface area contributed by atoms with Crippen LogP contribution in [0.5, 0.6) is 5.75 Å². The largest absolute Gasteiger partial charge is 0.497 e. The number of hydrogen-bond donors (Lipinski definition) is 0. The van der Waals surface area contributed by atoms with Crippen molar-refractivity contribution in [1.82, 2.24) is 14.1 Å². The molecule has 0 radical (unpaired) electrons. The Bertz CT molecular complexity index is 1070. The summed E-state index contributed by atoms with van der Waals surface area (Å²) in [5.74, 6) is 0.806. The third-order valence-electron chi connectivity index (χ3n) is 5.17. The van der Waals surface area contributed by atoms with E-state index in [0.29, 0.717) is 31.9 Å². The molecule has 0 aliphatic carbocycles. The van der Waals surface area contributed by atoms with Gasteiger partial charge < -0.3 is 9.64 Å². The maximum Gasteiger partial charge on any atom is 0.246 e. The summed E-state index contributed by atoms with van der Waals surface area (Å²) in [7, 11) is -1.95. The van der Waals surface area contributed by atoms with Crippen molar-refractivity contribution in [1.29, 1.82) is 0 Å². The molecule has 152 valence electrons. The van der Waals surface area contributed by atoms with Crippen LogP contribution in [0.1, 0.15) is 5.69 Å². The molecule has 0 amide bonds. The quantitative estimate of drug-likeness (QED) is 0.645. The molecule has 1 aliphatic heterocycles. The van der Waals surface area contributed by atoms with Crippen molar-refractivity contribution in [2.24, 2.45) is 0 Å². The summed E-state index contributed by atoms with van der Waals surface area (Å²) in [6, 6.07) is 17.3. The number of ether oxygens (including phenoxy) is 1. The van der Waals surface area contributed by atoms with Crippen LogP contribution in [0, 0.1) is 6.92 Å². The molecule has 0 unspecified atom stereocenters. The van der Waals surface area contributed by atoms with E-state index in [1.165, 1.54) is 0 Å². The van der Waals surface area contributed by atoms with E-state index < -0.39 is 10.0 Å². The van der Waals surface area contributed by atoms with Gasteiger partial charge in [0.15, 0.2) is 0 Å². The van der Waals surface area contributed by atoms with Gasteiger partial charge in [-0.3, -0.25) is 0 Å². The number of methoxy groups -OCH3 is 1. The van der Waals surface area contributed by atoms with Gasteiger partial charge >= 0.3 is 0 Å². The van der Waals surface area contributed by atoms with Crippen molar-refractivity contribution in [3.8, 4) is 11.4 Å². The van der Waals surface area contributed by atoms with Gasteiger partial charge in [-0.15, -0.1) is 0 Å². The maximum absolute atomic E-state index is 13.2. The predicted molar refractivity (Wildman–Crippen MR) is 112 cm³/mol. The molecule has 4 rings (SSSR count). The second-order valence-corrected chi connectivity index (χ2v) is 8.85. The van der Waals surface area contributed by atoms with Gasteiger partial charge in [-0.05, 0) is 43.3 Å². The molecule has 29 heavy (non-hydrogen) atoms. The van der Waals surface area contributed by atoms with E-state index in [4.69, 9.17) is 4.74 Å². The van der Waals surface area contributed by atoms with Crippen LogP contribution in [0.15, 0.2) is 65.7 Å². The third kappa shape index (κ3) is 3.86. The molecule has 8 heteroatoms. The molecule has 0 atom stereocenters. The van der Waals surface area contributed by atoms with Crippen LogP contribution < -0.4 is 9.64 Å². The number of sulfonamides is 1. The highest BCUT2D eigenvalue weighted by molar-refractivity contribution is 7.89. The molecule has 2 aromatic carbocycles. The smallest absolute Gasteiger partial charge is 0.246 e. The normalized spacial score (nSPS) is 15.4. The molecular weight excluding hydrogens is 388 g/mol. The van der Waals surface area contributed by atoms with E-state index in [9.17, 15) is 8.42 Å². The van der Waals surface area contributed by atoms with E-state index in [-0.39, 0.29) is 4.90 Å². The second-order valence-electron chi connectivity index (χ2n) is 6.95. The van der Waals surface area contributed by atoms with Gasteiger partial charge in [0.1, 0.15) is 10.6 Å². The van der Waals surface area contributed by atoms with Crippen molar-refractivity contribution in [2.45, 2.75) is 11.8 Å². The zero-order valence-corrected chi connectivity index (χ0v) is 17.3. The lowest BCUT2D eigenvalue weighted by Gasteiger charge is -2.35. The zero-order chi connectivity index (χ0) is 20.4. The Kier molecular flexibility index (Phi) is 5.29. The molecule has 0 spiro atoms.